The van der Waals surface area contributed by atoms with E-state index in [1.807, 2.05) is 42.7 Å². The molecule has 0 aliphatic heterocycles. The first-order valence-corrected chi connectivity index (χ1v) is 7.73. The van der Waals surface area contributed by atoms with Crippen molar-refractivity contribution in [3.63, 3.8) is 0 Å². The molecule has 0 amide bonds. The van der Waals surface area contributed by atoms with E-state index in [-0.39, 0.29) is 0 Å². The molecule has 0 atom stereocenters. The van der Waals surface area contributed by atoms with Crippen molar-refractivity contribution >= 4 is 44.3 Å². The number of hydrogen-bond donors (Lipinski definition) is 0. The molecule has 0 spiro atoms. The summed E-state index contributed by atoms with van der Waals surface area (Å²) in [6.07, 6.45) is 1.90. The van der Waals surface area contributed by atoms with Crippen molar-refractivity contribution < 1.29 is 4.74 Å². The van der Waals surface area contributed by atoms with Crippen LogP contribution in [0, 0.1) is 0 Å². The van der Waals surface area contributed by atoms with Gasteiger partial charge in [-0.15, -0.1) is 0 Å². The van der Waals surface area contributed by atoms with Gasteiger partial charge in [0.2, 0.25) is 4.38 Å². The minimum atomic E-state index is 0.534. The molecular weight excluding hydrogens is 328 g/mol. The number of benzene rings is 2. The first-order chi connectivity index (χ1) is 8.69. The molecular formula is C14H11BrOS2. The number of hydrogen-bond acceptors (Lipinski definition) is 3. The third-order valence-corrected chi connectivity index (χ3v) is 3.93. The molecule has 1 nitrogen and oxygen atoms in total. The maximum absolute atomic E-state index is 5.46. The van der Waals surface area contributed by atoms with E-state index in [9.17, 15) is 0 Å². The highest BCUT2D eigenvalue weighted by atomic mass is 79.9. The summed E-state index contributed by atoms with van der Waals surface area (Å²) in [7, 11) is 0. The zero-order valence-electron chi connectivity index (χ0n) is 9.72. The first kappa shape index (κ1) is 13.6. The third-order valence-electron chi connectivity index (χ3n) is 2.40. The molecule has 4 heteroatoms. The first-order valence-electron chi connectivity index (χ1n) is 5.31. The van der Waals surface area contributed by atoms with Gasteiger partial charge in [-0.2, -0.15) is 0 Å². The van der Waals surface area contributed by atoms with Gasteiger partial charge in [0, 0.05) is 4.47 Å². The summed E-state index contributed by atoms with van der Waals surface area (Å²) in [5, 5.41) is 0. The van der Waals surface area contributed by atoms with Gasteiger partial charge in [-0.25, -0.2) is 0 Å². The molecule has 0 aliphatic carbocycles. The molecule has 2 aromatic rings. The zero-order chi connectivity index (χ0) is 13.0. The maximum atomic E-state index is 5.46. The minimum absolute atomic E-state index is 0.534. The Kier molecular flexibility index (Phi) is 4.80. The smallest absolute Gasteiger partial charge is 0.225 e. The number of ether oxygens (including phenoxy) is 1. The van der Waals surface area contributed by atoms with E-state index in [1.54, 1.807) is 0 Å². The Bertz CT molecular complexity index is 535. The summed E-state index contributed by atoms with van der Waals surface area (Å²) in [4.78, 5) is 0. The van der Waals surface area contributed by atoms with Crippen molar-refractivity contribution in [3.8, 4) is 16.9 Å². The van der Waals surface area contributed by atoms with Crippen LogP contribution in [0.15, 0.2) is 53.0 Å². The predicted molar refractivity (Wildman–Crippen MR) is 86.3 cm³/mol. The lowest BCUT2D eigenvalue weighted by Gasteiger charge is -2.06. The van der Waals surface area contributed by atoms with Crippen LogP contribution in [0.4, 0.5) is 0 Å². The van der Waals surface area contributed by atoms with E-state index in [4.69, 9.17) is 17.0 Å². The normalized spacial score (nSPS) is 10.1. The van der Waals surface area contributed by atoms with Gasteiger partial charge in [0.25, 0.3) is 0 Å². The molecule has 0 unspecified atom stereocenters. The largest absolute Gasteiger partial charge is 0.440 e. The minimum Gasteiger partial charge on any atom is -0.440 e. The van der Waals surface area contributed by atoms with Crippen LogP contribution < -0.4 is 4.74 Å². The molecule has 2 aromatic carbocycles. The highest BCUT2D eigenvalue weighted by molar-refractivity contribution is 9.10. The van der Waals surface area contributed by atoms with E-state index in [0.29, 0.717) is 4.38 Å². The van der Waals surface area contributed by atoms with Crippen molar-refractivity contribution in [1.29, 1.82) is 0 Å². The molecule has 2 rings (SSSR count). The van der Waals surface area contributed by atoms with Gasteiger partial charge in [0.15, 0.2) is 0 Å². The average Bonchev–Trinajstić information content (AvgIpc) is 2.40. The van der Waals surface area contributed by atoms with Gasteiger partial charge in [-0.05, 0) is 53.9 Å². The second-order valence-electron chi connectivity index (χ2n) is 3.59. The molecule has 0 aromatic heterocycles. The van der Waals surface area contributed by atoms with Crippen molar-refractivity contribution in [2.24, 2.45) is 0 Å². The van der Waals surface area contributed by atoms with Gasteiger partial charge < -0.3 is 4.74 Å². The van der Waals surface area contributed by atoms with Crippen molar-refractivity contribution in [1.82, 2.24) is 0 Å². The Balaban J connectivity index is 2.17. The fourth-order valence-corrected chi connectivity index (χ4v) is 2.04. The summed E-state index contributed by atoms with van der Waals surface area (Å²) in [5.41, 5.74) is 2.34. The molecule has 0 fully saturated rings. The molecule has 0 saturated heterocycles. The van der Waals surface area contributed by atoms with Gasteiger partial charge in [-0.1, -0.05) is 52.0 Å². The summed E-state index contributed by atoms with van der Waals surface area (Å²) in [5.74, 6) is 0.773. The van der Waals surface area contributed by atoms with Gasteiger partial charge in [-0.3, -0.25) is 0 Å². The Morgan fingerprint density at radius 1 is 1.00 bits per heavy atom. The van der Waals surface area contributed by atoms with Crippen LogP contribution in [0.2, 0.25) is 0 Å². The fraction of sp³-hybridized carbons (Fsp3) is 0.0714. The highest BCUT2D eigenvalue weighted by Crippen LogP contribution is 2.24. The quantitative estimate of drug-likeness (QED) is 0.701. The number of thiocarbonyl (C=S) groups is 1. The van der Waals surface area contributed by atoms with E-state index in [1.165, 1.54) is 17.3 Å². The van der Waals surface area contributed by atoms with Crippen LogP contribution in [0.25, 0.3) is 11.1 Å². The lowest BCUT2D eigenvalue weighted by Crippen LogP contribution is -1.98. The number of rotatable bonds is 2. The van der Waals surface area contributed by atoms with E-state index in [2.05, 4.69) is 28.1 Å². The van der Waals surface area contributed by atoms with Crippen LogP contribution >= 0.6 is 39.9 Å². The number of thioether (sulfide) groups is 1. The van der Waals surface area contributed by atoms with Crippen LogP contribution in [0.5, 0.6) is 5.75 Å². The van der Waals surface area contributed by atoms with Crippen molar-refractivity contribution in [2.75, 3.05) is 6.26 Å². The fourth-order valence-electron chi connectivity index (χ4n) is 1.50. The zero-order valence-corrected chi connectivity index (χ0v) is 12.9. The Hall–Kier alpha value is -0.840. The van der Waals surface area contributed by atoms with Gasteiger partial charge >= 0.3 is 0 Å². The monoisotopic (exact) mass is 338 g/mol. The van der Waals surface area contributed by atoms with Crippen LogP contribution in [0.3, 0.4) is 0 Å². The molecule has 92 valence electrons. The molecule has 18 heavy (non-hydrogen) atoms. The molecule has 0 bridgehead atoms. The van der Waals surface area contributed by atoms with Crippen LogP contribution in [0.1, 0.15) is 0 Å². The van der Waals surface area contributed by atoms with Gasteiger partial charge in [0.05, 0.1) is 0 Å². The van der Waals surface area contributed by atoms with Gasteiger partial charge in [0.1, 0.15) is 5.75 Å². The Labute approximate surface area is 125 Å². The van der Waals surface area contributed by atoms with Crippen LogP contribution in [-0.4, -0.2) is 10.6 Å². The maximum Gasteiger partial charge on any atom is 0.225 e. The summed E-state index contributed by atoms with van der Waals surface area (Å²) in [6, 6.07) is 16.1. The van der Waals surface area contributed by atoms with Crippen molar-refractivity contribution in [3.05, 3.63) is 53.0 Å². The Morgan fingerprint density at radius 3 is 2.00 bits per heavy atom. The standard InChI is InChI=1S/C14H11BrOS2/c1-18-14(17)16-13-8-4-11(5-9-13)10-2-6-12(15)7-3-10/h2-9H,1H3. The predicted octanol–water partition coefficient (Wildman–Crippen LogP) is 5.14. The lowest BCUT2D eigenvalue weighted by molar-refractivity contribution is 0.579. The number of halogens is 1. The highest BCUT2D eigenvalue weighted by Gasteiger charge is 2.01. The van der Waals surface area contributed by atoms with E-state index < -0.39 is 0 Å². The SMILES string of the molecule is CSC(=S)Oc1ccc(-c2ccc(Br)cc2)cc1. The van der Waals surface area contributed by atoms with Crippen molar-refractivity contribution in [2.45, 2.75) is 0 Å². The summed E-state index contributed by atoms with van der Waals surface area (Å²) in [6.45, 7) is 0. The molecule has 0 aliphatic rings. The van der Waals surface area contributed by atoms with Crippen LogP contribution in [-0.2, 0) is 0 Å². The van der Waals surface area contributed by atoms with E-state index >= 15 is 0 Å². The van der Waals surface area contributed by atoms with E-state index in [0.717, 1.165) is 15.8 Å². The molecule has 0 saturated carbocycles. The lowest BCUT2D eigenvalue weighted by atomic mass is 10.1. The summed E-state index contributed by atoms with van der Waals surface area (Å²) >= 11 is 9.87. The average molecular weight is 339 g/mol. The topological polar surface area (TPSA) is 9.23 Å². The molecule has 0 radical (unpaired) electrons. The second-order valence-corrected chi connectivity index (χ2v) is 5.91. The molecule has 0 heterocycles. The molecule has 0 N–H and O–H groups in total. The summed E-state index contributed by atoms with van der Waals surface area (Å²) < 4.78 is 7.07. The second kappa shape index (κ2) is 6.36. The Morgan fingerprint density at radius 2 is 1.50 bits per heavy atom. The third kappa shape index (κ3) is 3.57.